The fourth-order valence-corrected chi connectivity index (χ4v) is 3.42. The normalized spacial score (nSPS) is 15.1. The van der Waals surface area contributed by atoms with Crippen molar-refractivity contribution in [3.63, 3.8) is 0 Å². The molecule has 1 amide bonds. The lowest BCUT2D eigenvalue weighted by molar-refractivity contribution is -0.384. The van der Waals surface area contributed by atoms with Crippen molar-refractivity contribution in [1.29, 1.82) is 0 Å². The first-order valence-electron chi connectivity index (χ1n) is 9.13. The summed E-state index contributed by atoms with van der Waals surface area (Å²) in [6.45, 7) is 1.62. The van der Waals surface area contributed by atoms with E-state index in [1.165, 1.54) is 22.9 Å². The lowest BCUT2D eigenvalue weighted by Crippen LogP contribution is -2.38. The summed E-state index contributed by atoms with van der Waals surface area (Å²) in [6, 6.07) is 7.41. The number of aromatic nitrogens is 2. The van der Waals surface area contributed by atoms with Crippen molar-refractivity contribution in [2.75, 3.05) is 0 Å². The molecule has 1 aromatic carbocycles. The van der Waals surface area contributed by atoms with Crippen LogP contribution in [0.25, 0.3) is 5.69 Å². The van der Waals surface area contributed by atoms with Crippen molar-refractivity contribution < 1.29 is 9.72 Å². The molecule has 2 aromatic rings. The summed E-state index contributed by atoms with van der Waals surface area (Å²) in [6.07, 6.45) is 6.17. The molecule has 1 fully saturated rings. The van der Waals surface area contributed by atoms with Crippen LogP contribution in [0.5, 0.6) is 0 Å². The number of carbonyl (C=O) groups excluding carboxylic acids is 1. The van der Waals surface area contributed by atoms with Gasteiger partial charge in [0.1, 0.15) is 5.69 Å². The van der Waals surface area contributed by atoms with Gasteiger partial charge in [-0.3, -0.25) is 19.7 Å². The first-order valence-corrected chi connectivity index (χ1v) is 9.13. The Bertz CT molecular complexity index is 914. The number of rotatable bonds is 4. The van der Waals surface area contributed by atoms with Crippen molar-refractivity contribution in [3.05, 3.63) is 62.1 Å². The highest BCUT2D eigenvalue weighted by molar-refractivity contribution is 5.92. The van der Waals surface area contributed by atoms with E-state index in [0.717, 1.165) is 38.5 Å². The van der Waals surface area contributed by atoms with E-state index in [2.05, 4.69) is 10.4 Å². The highest BCUT2D eigenvalue weighted by atomic mass is 16.6. The third kappa shape index (κ3) is 4.21. The molecule has 1 heterocycles. The van der Waals surface area contributed by atoms with Crippen LogP contribution in [0.4, 0.5) is 5.69 Å². The van der Waals surface area contributed by atoms with Crippen LogP contribution in [0.1, 0.15) is 54.7 Å². The molecular weight excluding hydrogens is 348 g/mol. The maximum atomic E-state index is 12.6. The number of hydrogen-bond donors (Lipinski definition) is 1. The van der Waals surface area contributed by atoms with Gasteiger partial charge in [0.2, 0.25) is 5.43 Å². The van der Waals surface area contributed by atoms with Gasteiger partial charge in [0.15, 0.2) is 5.69 Å². The van der Waals surface area contributed by atoms with Crippen molar-refractivity contribution >= 4 is 11.6 Å². The molecule has 0 saturated heterocycles. The summed E-state index contributed by atoms with van der Waals surface area (Å²) in [5, 5.41) is 18.4. The van der Waals surface area contributed by atoms with Crippen LogP contribution in [0.2, 0.25) is 0 Å². The molecule has 0 aliphatic heterocycles. The maximum Gasteiger partial charge on any atom is 0.294 e. The van der Waals surface area contributed by atoms with Gasteiger partial charge in [-0.15, -0.1) is 0 Å². The standard InChI is InChI=1S/C19H22N4O4/c1-13-12-17(24)18(19(25)20-14-8-4-2-3-5-9-14)21-22(13)15-10-6-7-11-16(15)23(26)27/h6-7,10-12,14H,2-5,8-9H2,1H3,(H,20,25). The predicted octanol–water partition coefficient (Wildman–Crippen LogP) is 2.90. The van der Waals surface area contributed by atoms with E-state index in [-0.39, 0.29) is 23.1 Å². The minimum Gasteiger partial charge on any atom is -0.348 e. The lowest BCUT2D eigenvalue weighted by atomic mass is 10.1. The molecule has 1 aromatic heterocycles. The number of carbonyl (C=O) groups is 1. The van der Waals surface area contributed by atoms with E-state index in [0.29, 0.717) is 5.69 Å². The summed E-state index contributed by atoms with van der Waals surface area (Å²) < 4.78 is 1.28. The highest BCUT2D eigenvalue weighted by Crippen LogP contribution is 2.22. The van der Waals surface area contributed by atoms with E-state index in [9.17, 15) is 19.7 Å². The number of nitrogens with zero attached hydrogens (tertiary/aromatic N) is 3. The van der Waals surface area contributed by atoms with Gasteiger partial charge in [0, 0.05) is 23.9 Å². The van der Waals surface area contributed by atoms with Gasteiger partial charge in [0.25, 0.3) is 11.6 Å². The number of hydrogen-bond acceptors (Lipinski definition) is 5. The average Bonchev–Trinajstić information content (AvgIpc) is 2.90. The van der Waals surface area contributed by atoms with Crippen molar-refractivity contribution in [2.45, 2.75) is 51.5 Å². The fraction of sp³-hybridized carbons (Fsp3) is 0.421. The van der Waals surface area contributed by atoms with Crippen LogP contribution >= 0.6 is 0 Å². The Morgan fingerprint density at radius 3 is 2.56 bits per heavy atom. The average molecular weight is 370 g/mol. The molecule has 142 valence electrons. The van der Waals surface area contributed by atoms with E-state index >= 15 is 0 Å². The minimum absolute atomic E-state index is 0.0296. The molecule has 0 spiro atoms. The van der Waals surface area contributed by atoms with Crippen LogP contribution in [-0.4, -0.2) is 26.7 Å². The molecule has 0 atom stereocenters. The Balaban J connectivity index is 1.96. The molecule has 0 unspecified atom stereocenters. The Morgan fingerprint density at radius 2 is 1.89 bits per heavy atom. The molecule has 1 aliphatic carbocycles. The van der Waals surface area contributed by atoms with E-state index in [4.69, 9.17) is 0 Å². The van der Waals surface area contributed by atoms with Crippen molar-refractivity contribution in [1.82, 2.24) is 15.1 Å². The Kier molecular flexibility index (Phi) is 5.63. The van der Waals surface area contributed by atoms with Crippen LogP contribution in [-0.2, 0) is 0 Å². The van der Waals surface area contributed by atoms with Crippen molar-refractivity contribution in [2.24, 2.45) is 0 Å². The van der Waals surface area contributed by atoms with Crippen LogP contribution in [0.3, 0.4) is 0 Å². The molecule has 0 radical (unpaired) electrons. The fourth-order valence-electron chi connectivity index (χ4n) is 3.42. The summed E-state index contributed by atoms with van der Waals surface area (Å²) in [5.74, 6) is -0.528. The molecule has 3 rings (SSSR count). The van der Waals surface area contributed by atoms with Gasteiger partial charge < -0.3 is 5.32 Å². The molecule has 1 saturated carbocycles. The summed E-state index contributed by atoms with van der Waals surface area (Å²) >= 11 is 0. The number of nitrogens with one attached hydrogen (secondary N) is 1. The molecule has 8 nitrogen and oxygen atoms in total. The van der Waals surface area contributed by atoms with Gasteiger partial charge in [-0.05, 0) is 25.8 Å². The quantitative estimate of drug-likeness (QED) is 0.506. The number of aryl methyl sites for hydroxylation is 1. The monoisotopic (exact) mass is 370 g/mol. The number of nitro groups is 1. The van der Waals surface area contributed by atoms with Gasteiger partial charge >= 0.3 is 0 Å². The van der Waals surface area contributed by atoms with Gasteiger partial charge in [0.05, 0.1) is 4.92 Å². The zero-order valence-electron chi connectivity index (χ0n) is 15.2. The number of para-hydroxylation sites is 2. The second-order valence-corrected chi connectivity index (χ2v) is 6.82. The molecular formula is C19H22N4O4. The molecule has 1 N–H and O–H groups in total. The third-order valence-corrected chi connectivity index (χ3v) is 4.82. The number of benzene rings is 1. The number of nitro benzene ring substituents is 1. The molecule has 27 heavy (non-hydrogen) atoms. The maximum absolute atomic E-state index is 12.6. The summed E-state index contributed by atoms with van der Waals surface area (Å²) in [4.78, 5) is 35.8. The van der Waals surface area contributed by atoms with Gasteiger partial charge in [-0.1, -0.05) is 37.8 Å². The largest absolute Gasteiger partial charge is 0.348 e. The van der Waals surface area contributed by atoms with Gasteiger partial charge in [-0.25, -0.2) is 4.68 Å². The Hall–Kier alpha value is -3.03. The van der Waals surface area contributed by atoms with E-state index in [1.54, 1.807) is 19.1 Å². The smallest absolute Gasteiger partial charge is 0.294 e. The van der Waals surface area contributed by atoms with Crippen molar-refractivity contribution in [3.8, 4) is 5.69 Å². The lowest BCUT2D eigenvalue weighted by Gasteiger charge is -2.16. The topological polar surface area (TPSA) is 107 Å². The number of amides is 1. The van der Waals surface area contributed by atoms with Crippen LogP contribution < -0.4 is 10.7 Å². The minimum atomic E-state index is -0.528. The van der Waals surface area contributed by atoms with E-state index in [1.807, 2.05) is 0 Å². The van der Waals surface area contributed by atoms with Crippen LogP contribution in [0.15, 0.2) is 35.1 Å². The second-order valence-electron chi connectivity index (χ2n) is 6.82. The zero-order chi connectivity index (χ0) is 19.4. The highest BCUT2D eigenvalue weighted by Gasteiger charge is 2.22. The summed E-state index contributed by atoms with van der Waals surface area (Å²) in [7, 11) is 0. The Labute approximate surface area is 156 Å². The SMILES string of the molecule is Cc1cc(=O)c(C(=O)NC2CCCCCC2)nn1-c1ccccc1[N+](=O)[O-]. The molecule has 8 heteroatoms. The van der Waals surface area contributed by atoms with E-state index < -0.39 is 16.3 Å². The molecule has 0 bridgehead atoms. The van der Waals surface area contributed by atoms with Gasteiger partial charge in [-0.2, -0.15) is 5.10 Å². The molecule has 1 aliphatic rings. The summed E-state index contributed by atoms with van der Waals surface area (Å²) in [5.41, 5.74) is -0.257. The third-order valence-electron chi connectivity index (χ3n) is 4.82. The predicted molar refractivity (Wildman–Crippen MR) is 100 cm³/mol. The zero-order valence-corrected chi connectivity index (χ0v) is 15.2. The first kappa shape index (κ1) is 18.8. The first-order chi connectivity index (χ1) is 13.0. The Morgan fingerprint density at radius 1 is 1.22 bits per heavy atom. The second kappa shape index (κ2) is 8.11. The van der Waals surface area contributed by atoms with Crippen LogP contribution in [0, 0.1) is 17.0 Å².